The fraction of sp³-hybridized carbons (Fsp3) is 0.176. The van der Waals surface area contributed by atoms with Gasteiger partial charge in [-0.25, -0.2) is 4.39 Å². The smallest absolute Gasteiger partial charge is 0.123 e. The van der Waals surface area contributed by atoms with Gasteiger partial charge in [-0.05, 0) is 41.8 Å². The second-order valence-corrected chi connectivity index (χ2v) is 5.85. The van der Waals surface area contributed by atoms with E-state index in [0.29, 0.717) is 0 Å². The van der Waals surface area contributed by atoms with E-state index in [-0.39, 0.29) is 11.9 Å². The first-order valence-corrected chi connectivity index (χ1v) is 7.57. The first kappa shape index (κ1) is 13.3. The van der Waals surface area contributed by atoms with Crippen molar-refractivity contribution in [1.29, 1.82) is 0 Å². The molecule has 0 aliphatic heterocycles. The molecular formula is C17H16FNS. The molecule has 3 aromatic rings. The van der Waals surface area contributed by atoms with Crippen molar-refractivity contribution in [3.63, 3.8) is 0 Å². The van der Waals surface area contributed by atoms with Crippen LogP contribution in [0.2, 0.25) is 0 Å². The van der Waals surface area contributed by atoms with Crippen molar-refractivity contribution in [2.45, 2.75) is 13.0 Å². The molecule has 0 bridgehead atoms. The standard InChI is InChI=1S/C17H16FNS/c1-2-19-17(12-6-4-3-5-7-12)16-11-13-10-14(18)8-9-15(13)20-16/h3-11,17,19H,2H2,1H3. The molecule has 20 heavy (non-hydrogen) atoms. The average Bonchev–Trinajstić information content (AvgIpc) is 2.88. The summed E-state index contributed by atoms with van der Waals surface area (Å²) in [5.74, 6) is -0.179. The van der Waals surface area contributed by atoms with E-state index in [1.54, 1.807) is 17.4 Å². The molecule has 0 radical (unpaired) electrons. The maximum atomic E-state index is 13.3. The second kappa shape index (κ2) is 5.73. The Morgan fingerprint density at radius 3 is 2.65 bits per heavy atom. The number of fused-ring (bicyclic) bond motifs is 1. The molecule has 1 heterocycles. The first-order valence-electron chi connectivity index (χ1n) is 6.75. The SMILES string of the molecule is CCNC(c1ccccc1)c1cc2cc(F)ccc2s1. The summed E-state index contributed by atoms with van der Waals surface area (Å²) in [5.41, 5.74) is 1.24. The van der Waals surface area contributed by atoms with Gasteiger partial charge < -0.3 is 5.32 Å². The van der Waals surface area contributed by atoms with Gasteiger partial charge in [-0.3, -0.25) is 0 Å². The highest BCUT2D eigenvalue weighted by Gasteiger charge is 2.15. The molecule has 0 aliphatic carbocycles. The molecule has 1 aromatic heterocycles. The van der Waals surface area contributed by atoms with Crippen LogP contribution in [0.4, 0.5) is 4.39 Å². The van der Waals surface area contributed by atoms with Gasteiger partial charge in [-0.15, -0.1) is 11.3 Å². The summed E-state index contributed by atoms with van der Waals surface area (Å²) in [6.45, 7) is 2.99. The molecule has 1 nitrogen and oxygen atoms in total. The topological polar surface area (TPSA) is 12.0 Å². The molecular weight excluding hydrogens is 269 g/mol. The van der Waals surface area contributed by atoms with E-state index in [1.165, 1.54) is 16.5 Å². The summed E-state index contributed by atoms with van der Waals surface area (Å²) in [7, 11) is 0. The van der Waals surface area contributed by atoms with Gasteiger partial charge in [0.2, 0.25) is 0 Å². The lowest BCUT2D eigenvalue weighted by Crippen LogP contribution is -2.20. The van der Waals surface area contributed by atoms with E-state index >= 15 is 0 Å². The van der Waals surface area contributed by atoms with Gasteiger partial charge in [0.25, 0.3) is 0 Å². The van der Waals surface area contributed by atoms with Gasteiger partial charge in [0.1, 0.15) is 5.82 Å². The highest BCUT2D eigenvalue weighted by molar-refractivity contribution is 7.19. The van der Waals surface area contributed by atoms with Crippen LogP contribution < -0.4 is 5.32 Å². The van der Waals surface area contributed by atoms with Gasteiger partial charge >= 0.3 is 0 Å². The summed E-state index contributed by atoms with van der Waals surface area (Å²) in [6.07, 6.45) is 0. The minimum atomic E-state index is -0.179. The highest BCUT2D eigenvalue weighted by atomic mass is 32.1. The van der Waals surface area contributed by atoms with Crippen LogP contribution in [-0.2, 0) is 0 Å². The molecule has 3 rings (SSSR count). The predicted octanol–water partition coefficient (Wildman–Crippen LogP) is 4.74. The third kappa shape index (κ3) is 2.60. The minimum Gasteiger partial charge on any atom is -0.306 e. The van der Waals surface area contributed by atoms with Gasteiger partial charge in [0.05, 0.1) is 6.04 Å². The summed E-state index contributed by atoms with van der Waals surface area (Å²) in [6, 6.07) is 17.6. The third-order valence-electron chi connectivity index (χ3n) is 3.32. The average molecular weight is 285 g/mol. The molecule has 0 fully saturated rings. The number of nitrogens with one attached hydrogen (secondary N) is 1. The molecule has 102 valence electrons. The quantitative estimate of drug-likeness (QED) is 0.730. The first-order chi connectivity index (χ1) is 9.78. The van der Waals surface area contributed by atoms with Crippen molar-refractivity contribution in [2.75, 3.05) is 6.54 Å². The Kier molecular flexibility index (Phi) is 3.81. The third-order valence-corrected chi connectivity index (χ3v) is 4.50. The zero-order valence-corrected chi connectivity index (χ0v) is 12.1. The van der Waals surface area contributed by atoms with Crippen molar-refractivity contribution in [3.8, 4) is 0 Å². The number of thiophene rings is 1. The summed E-state index contributed by atoms with van der Waals surface area (Å²) < 4.78 is 14.4. The lowest BCUT2D eigenvalue weighted by molar-refractivity contribution is 0.629. The van der Waals surface area contributed by atoms with Crippen molar-refractivity contribution in [3.05, 3.63) is 70.9 Å². The zero-order chi connectivity index (χ0) is 13.9. The maximum Gasteiger partial charge on any atom is 0.123 e. The van der Waals surface area contributed by atoms with Crippen molar-refractivity contribution in [2.24, 2.45) is 0 Å². The summed E-state index contributed by atoms with van der Waals surface area (Å²) >= 11 is 1.72. The molecule has 2 aromatic carbocycles. The minimum absolute atomic E-state index is 0.168. The normalized spacial score (nSPS) is 12.7. The maximum absolute atomic E-state index is 13.3. The Morgan fingerprint density at radius 2 is 1.90 bits per heavy atom. The molecule has 1 unspecified atom stereocenters. The van der Waals surface area contributed by atoms with Crippen LogP contribution in [-0.4, -0.2) is 6.54 Å². The van der Waals surface area contributed by atoms with Crippen LogP contribution in [0.3, 0.4) is 0 Å². The summed E-state index contributed by atoms with van der Waals surface area (Å²) in [4.78, 5) is 1.22. The van der Waals surface area contributed by atoms with Crippen LogP contribution in [0.25, 0.3) is 10.1 Å². The Balaban J connectivity index is 2.05. The van der Waals surface area contributed by atoms with Crippen molar-refractivity contribution < 1.29 is 4.39 Å². The van der Waals surface area contributed by atoms with E-state index in [4.69, 9.17) is 0 Å². The van der Waals surface area contributed by atoms with Crippen molar-refractivity contribution >= 4 is 21.4 Å². The van der Waals surface area contributed by atoms with Crippen molar-refractivity contribution in [1.82, 2.24) is 5.32 Å². The van der Waals surface area contributed by atoms with Gasteiger partial charge in [-0.2, -0.15) is 0 Å². The molecule has 1 N–H and O–H groups in total. The van der Waals surface area contributed by atoms with E-state index < -0.39 is 0 Å². The van der Waals surface area contributed by atoms with Gasteiger partial charge in [-0.1, -0.05) is 37.3 Å². The number of benzene rings is 2. The van der Waals surface area contributed by atoms with E-state index in [9.17, 15) is 4.39 Å². The van der Waals surface area contributed by atoms with Crippen LogP contribution in [0.1, 0.15) is 23.4 Å². The number of halogens is 1. The van der Waals surface area contributed by atoms with E-state index in [0.717, 1.165) is 16.6 Å². The number of hydrogen-bond acceptors (Lipinski definition) is 2. The fourth-order valence-corrected chi connectivity index (χ4v) is 3.56. The lowest BCUT2D eigenvalue weighted by atomic mass is 10.0. The zero-order valence-electron chi connectivity index (χ0n) is 11.3. The molecule has 0 amide bonds. The Labute approximate surface area is 122 Å². The number of hydrogen-bond donors (Lipinski definition) is 1. The van der Waals surface area contributed by atoms with Crippen LogP contribution in [0.5, 0.6) is 0 Å². The van der Waals surface area contributed by atoms with E-state index in [2.05, 4.69) is 30.4 Å². The molecule has 0 saturated carbocycles. The van der Waals surface area contributed by atoms with Gasteiger partial charge in [0, 0.05) is 9.58 Å². The summed E-state index contributed by atoms with van der Waals surface area (Å²) in [5, 5.41) is 4.48. The second-order valence-electron chi connectivity index (χ2n) is 4.73. The molecule has 0 spiro atoms. The Bertz CT molecular complexity index is 705. The molecule has 1 atom stereocenters. The van der Waals surface area contributed by atoms with Crippen LogP contribution >= 0.6 is 11.3 Å². The van der Waals surface area contributed by atoms with Crippen LogP contribution in [0, 0.1) is 5.82 Å². The fourth-order valence-electron chi connectivity index (χ4n) is 2.41. The monoisotopic (exact) mass is 285 g/mol. The van der Waals surface area contributed by atoms with Gasteiger partial charge in [0.15, 0.2) is 0 Å². The largest absolute Gasteiger partial charge is 0.306 e. The Hall–Kier alpha value is -1.71. The molecule has 3 heteroatoms. The lowest BCUT2D eigenvalue weighted by Gasteiger charge is -2.16. The highest BCUT2D eigenvalue weighted by Crippen LogP contribution is 2.33. The van der Waals surface area contributed by atoms with Crippen LogP contribution in [0.15, 0.2) is 54.6 Å². The molecule has 0 saturated heterocycles. The van der Waals surface area contributed by atoms with E-state index in [1.807, 2.05) is 24.3 Å². The predicted molar refractivity (Wildman–Crippen MR) is 83.7 cm³/mol. The Morgan fingerprint density at radius 1 is 1.10 bits per heavy atom. The number of rotatable bonds is 4. The molecule has 0 aliphatic rings.